The number of hydrogen-bond donors (Lipinski definition) is 1. The average molecular weight is 436 g/mol. The molecule has 0 saturated heterocycles. The zero-order valence-corrected chi connectivity index (χ0v) is 18.5. The summed E-state index contributed by atoms with van der Waals surface area (Å²) in [7, 11) is 0. The van der Waals surface area contributed by atoms with Gasteiger partial charge in [0.25, 0.3) is 0 Å². The maximum absolute atomic E-state index is 6.52. The minimum atomic E-state index is 0.430. The second kappa shape index (κ2) is 8.99. The van der Waals surface area contributed by atoms with Crippen LogP contribution in [0.2, 0.25) is 10.0 Å². The van der Waals surface area contributed by atoms with E-state index in [4.69, 9.17) is 27.9 Å². The molecule has 0 amide bonds. The smallest absolute Gasteiger partial charge is 0.143 e. The van der Waals surface area contributed by atoms with Gasteiger partial charge >= 0.3 is 0 Å². The molecule has 0 atom stereocenters. The van der Waals surface area contributed by atoms with Gasteiger partial charge in [-0.2, -0.15) is 0 Å². The highest BCUT2D eigenvalue weighted by Gasteiger charge is 2.13. The SMILES string of the molecule is Cc1ccc(NCc2cc(Cl)cc(Cl)c2OCc2cccc3ccccc23)c(C)c1. The third kappa shape index (κ3) is 4.56. The fraction of sp³-hybridized carbons (Fsp3) is 0.154. The Balaban J connectivity index is 1.58. The lowest BCUT2D eigenvalue weighted by Gasteiger charge is -2.17. The molecule has 0 aliphatic heterocycles. The highest BCUT2D eigenvalue weighted by Crippen LogP contribution is 2.34. The van der Waals surface area contributed by atoms with Crippen molar-refractivity contribution in [3.8, 4) is 5.75 Å². The Morgan fingerprint density at radius 2 is 1.63 bits per heavy atom. The maximum Gasteiger partial charge on any atom is 0.143 e. The van der Waals surface area contributed by atoms with Crippen molar-refractivity contribution in [3.63, 3.8) is 0 Å². The van der Waals surface area contributed by atoms with Crippen LogP contribution in [-0.4, -0.2) is 0 Å². The third-order valence-electron chi connectivity index (χ3n) is 5.19. The molecule has 2 nitrogen and oxygen atoms in total. The van der Waals surface area contributed by atoms with Crippen molar-refractivity contribution >= 4 is 39.7 Å². The van der Waals surface area contributed by atoms with E-state index in [0.29, 0.717) is 28.9 Å². The Hall–Kier alpha value is -2.68. The van der Waals surface area contributed by atoms with E-state index in [-0.39, 0.29) is 0 Å². The molecular weight excluding hydrogens is 413 g/mol. The Bertz CT molecular complexity index is 1200. The molecule has 4 rings (SSSR count). The molecule has 0 aliphatic carbocycles. The number of halogens is 2. The molecule has 4 aromatic rings. The summed E-state index contributed by atoms with van der Waals surface area (Å²) in [5, 5.41) is 6.96. The van der Waals surface area contributed by atoms with Gasteiger partial charge in [-0.05, 0) is 53.9 Å². The summed E-state index contributed by atoms with van der Waals surface area (Å²) in [5.74, 6) is 0.659. The molecule has 0 spiro atoms. The van der Waals surface area contributed by atoms with Crippen LogP contribution in [0.3, 0.4) is 0 Å². The van der Waals surface area contributed by atoms with Crippen molar-refractivity contribution in [2.24, 2.45) is 0 Å². The van der Waals surface area contributed by atoms with Gasteiger partial charge in [0.2, 0.25) is 0 Å². The number of aryl methyl sites for hydroxylation is 2. The van der Waals surface area contributed by atoms with E-state index in [9.17, 15) is 0 Å². The van der Waals surface area contributed by atoms with Gasteiger partial charge in [0.1, 0.15) is 12.4 Å². The first-order chi connectivity index (χ1) is 14.5. The Labute approximate surface area is 187 Å². The van der Waals surface area contributed by atoms with Crippen LogP contribution in [0, 0.1) is 13.8 Å². The zero-order valence-electron chi connectivity index (χ0n) is 17.0. The van der Waals surface area contributed by atoms with Crippen LogP contribution >= 0.6 is 23.2 Å². The lowest BCUT2D eigenvalue weighted by Crippen LogP contribution is -2.05. The van der Waals surface area contributed by atoms with Gasteiger partial charge in [0, 0.05) is 22.8 Å². The van der Waals surface area contributed by atoms with Gasteiger partial charge in [-0.25, -0.2) is 0 Å². The number of benzene rings is 4. The molecule has 0 aliphatic rings. The maximum atomic E-state index is 6.52. The third-order valence-corrected chi connectivity index (χ3v) is 5.69. The predicted octanol–water partition coefficient (Wildman–Crippen LogP) is 7.95. The molecule has 0 saturated carbocycles. The molecule has 30 heavy (non-hydrogen) atoms. The monoisotopic (exact) mass is 435 g/mol. The summed E-state index contributed by atoms with van der Waals surface area (Å²) >= 11 is 12.8. The molecule has 0 heterocycles. The Morgan fingerprint density at radius 1 is 0.833 bits per heavy atom. The number of anilines is 1. The van der Waals surface area contributed by atoms with Crippen LogP contribution in [0.1, 0.15) is 22.3 Å². The molecule has 0 fully saturated rings. The highest BCUT2D eigenvalue weighted by atomic mass is 35.5. The largest absolute Gasteiger partial charge is 0.487 e. The summed E-state index contributed by atoms with van der Waals surface area (Å²) in [5.41, 5.74) is 5.56. The molecule has 4 aromatic carbocycles. The van der Waals surface area contributed by atoms with E-state index < -0.39 is 0 Å². The van der Waals surface area contributed by atoms with Gasteiger partial charge in [-0.3, -0.25) is 0 Å². The second-order valence-corrected chi connectivity index (χ2v) is 8.32. The first kappa shape index (κ1) is 20.6. The molecule has 1 N–H and O–H groups in total. The molecule has 0 aromatic heterocycles. The molecule has 0 unspecified atom stereocenters. The number of nitrogens with one attached hydrogen (secondary N) is 1. The first-order valence-corrected chi connectivity index (χ1v) is 10.7. The van der Waals surface area contributed by atoms with E-state index in [2.05, 4.69) is 61.6 Å². The quantitative estimate of drug-likeness (QED) is 0.331. The first-order valence-electron chi connectivity index (χ1n) is 9.90. The molecular formula is C26H23Cl2NO. The average Bonchev–Trinajstić information content (AvgIpc) is 2.72. The summed E-state index contributed by atoms with van der Waals surface area (Å²) < 4.78 is 6.22. The summed E-state index contributed by atoms with van der Waals surface area (Å²) in [6.07, 6.45) is 0. The predicted molar refractivity (Wildman–Crippen MR) is 128 cm³/mol. The van der Waals surface area contributed by atoms with Crippen molar-refractivity contribution in [3.05, 3.63) is 105 Å². The number of hydrogen-bond acceptors (Lipinski definition) is 2. The van der Waals surface area contributed by atoms with Gasteiger partial charge in [0.05, 0.1) is 5.02 Å². The zero-order chi connectivity index (χ0) is 21.1. The lowest BCUT2D eigenvalue weighted by atomic mass is 10.1. The molecule has 4 heteroatoms. The fourth-order valence-corrected chi connectivity index (χ4v) is 4.27. The fourth-order valence-electron chi connectivity index (χ4n) is 3.68. The van der Waals surface area contributed by atoms with E-state index in [1.807, 2.05) is 24.3 Å². The summed E-state index contributed by atoms with van der Waals surface area (Å²) in [6, 6.07) is 24.5. The van der Waals surface area contributed by atoms with Crippen LogP contribution in [0.5, 0.6) is 5.75 Å². The van der Waals surface area contributed by atoms with E-state index >= 15 is 0 Å². The van der Waals surface area contributed by atoms with Crippen LogP contribution in [0.15, 0.2) is 72.8 Å². The van der Waals surface area contributed by atoms with Gasteiger partial charge < -0.3 is 10.1 Å². The topological polar surface area (TPSA) is 21.3 Å². The molecule has 0 bridgehead atoms. The van der Waals surface area contributed by atoms with Crippen LogP contribution < -0.4 is 10.1 Å². The normalized spacial score (nSPS) is 10.9. The van der Waals surface area contributed by atoms with Gasteiger partial charge in [0.15, 0.2) is 0 Å². The van der Waals surface area contributed by atoms with Crippen molar-refractivity contribution in [2.75, 3.05) is 5.32 Å². The molecule has 0 radical (unpaired) electrons. The number of ether oxygens (including phenoxy) is 1. The molecule has 152 valence electrons. The minimum Gasteiger partial charge on any atom is -0.487 e. The van der Waals surface area contributed by atoms with Crippen LogP contribution in [0.4, 0.5) is 5.69 Å². The van der Waals surface area contributed by atoms with E-state index in [0.717, 1.165) is 16.8 Å². The van der Waals surface area contributed by atoms with E-state index in [1.165, 1.54) is 21.9 Å². The highest BCUT2D eigenvalue weighted by molar-refractivity contribution is 6.35. The van der Waals surface area contributed by atoms with Crippen LogP contribution in [0.25, 0.3) is 10.8 Å². The van der Waals surface area contributed by atoms with Crippen molar-refractivity contribution < 1.29 is 4.74 Å². The Kier molecular flexibility index (Phi) is 6.17. The lowest BCUT2D eigenvalue weighted by molar-refractivity contribution is 0.305. The standard InChI is InChI=1S/C26H23Cl2NO/c1-17-10-11-25(18(2)12-17)29-15-21-13-22(27)14-24(28)26(21)30-16-20-8-5-7-19-6-3-4-9-23(19)20/h3-14,29H,15-16H2,1-2H3. The van der Waals surface area contributed by atoms with Gasteiger partial charge in [-0.15, -0.1) is 0 Å². The Morgan fingerprint density at radius 3 is 2.47 bits per heavy atom. The van der Waals surface area contributed by atoms with Crippen molar-refractivity contribution in [2.45, 2.75) is 27.0 Å². The van der Waals surface area contributed by atoms with Crippen molar-refractivity contribution in [1.82, 2.24) is 0 Å². The number of rotatable bonds is 6. The summed E-state index contributed by atoms with van der Waals surface area (Å²) in [6.45, 7) is 5.18. The van der Waals surface area contributed by atoms with Crippen LogP contribution in [-0.2, 0) is 13.2 Å². The van der Waals surface area contributed by atoms with Crippen molar-refractivity contribution in [1.29, 1.82) is 0 Å². The summed E-state index contributed by atoms with van der Waals surface area (Å²) in [4.78, 5) is 0. The number of fused-ring (bicyclic) bond motifs is 1. The second-order valence-electron chi connectivity index (χ2n) is 7.47. The van der Waals surface area contributed by atoms with E-state index in [1.54, 1.807) is 6.07 Å². The van der Waals surface area contributed by atoms with Gasteiger partial charge in [-0.1, -0.05) is 83.4 Å². The minimum absolute atomic E-state index is 0.430.